The second-order valence-electron chi connectivity index (χ2n) is 10.4. The van der Waals surface area contributed by atoms with Crippen LogP contribution in [0.4, 0.5) is 0 Å². The van der Waals surface area contributed by atoms with E-state index >= 15 is 0 Å². The molecule has 1 aromatic heterocycles. The summed E-state index contributed by atoms with van der Waals surface area (Å²) in [6.45, 7) is 0. The van der Waals surface area contributed by atoms with Gasteiger partial charge >= 0.3 is 0 Å². The number of fused-ring (bicyclic) bond motifs is 6. The number of hydrogen-bond acceptors (Lipinski definition) is 1. The van der Waals surface area contributed by atoms with Gasteiger partial charge in [-0.05, 0) is 72.8 Å². The third-order valence-electron chi connectivity index (χ3n) is 8.04. The summed E-state index contributed by atoms with van der Waals surface area (Å²) in [5.41, 5.74) is 7.98. The van der Waals surface area contributed by atoms with E-state index in [-0.39, 0.29) is 0 Å². The molecule has 1 heterocycles. The van der Waals surface area contributed by atoms with Crippen LogP contribution in [0.3, 0.4) is 0 Å². The van der Waals surface area contributed by atoms with Crippen molar-refractivity contribution in [2.45, 2.75) is 0 Å². The monoisotopic (exact) mass is 507 g/mol. The van der Waals surface area contributed by atoms with Crippen LogP contribution in [0.5, 0.6) is 0 Å². The van der Waals surface area contributed by atoms with Crippen LogP contribution in [0.15, 0.2) is 152 Å². The molecule has 0 aliphatic rings. The van der Waals surface area contributed by atoms with Gasteiger partial charge in [-0.25, -0.2) is 4.98 Å². The smallest absolute Gasteiger partial charge is 0.0722 e. The first-order valence-electron chi connectivity index (χ1n) is 13.7. The fourth-order valence-electron chi connectivity index (χ4n) is 6.11. The Balaban J connectivity index is 1.30. The number of hydrogen-bond donors (Lipinski definition) is 0. The second-order valence-corrected chi connectivity index (χ2v) is 10.4. The standard InChI is InChI=1S/C39H25N/c1-2-10-26(11-3-1)36-25-38(40-37-23-22-27-12-4-7-15-32(27)39(36)37)29-20-18-28(19-21-29)35-24-30-13-5-6-14-31(30)33-16-8-9-17-34(33)35/h1-25H. The molecule has 0 aliphatic heterocycles. The molecule has 0 bridgehead atoms. The number of pyridine rings is 1. The Hall–Kier alpha value is -5.27. The van der Waals surface area contributed by atoms with E-state index in [9.17, 15) is 0 Å². The van der Waals surface area contributed by atoms with Gasteiger partial charge in [0.25, 0.3) is 0 Å². The van der Waals surface area contributed by atoms with Gasteiger partial charge in [-0.3, -0.25) is 0 Å². The highest BCUT2D eigenvalue weighted by Crippen LogP contribution is 2.38. The van der Waals surface area contributed by atoms with E-state index in [1.807, 2.05) is 0 Å². The summed E-state index contributed by atoms with van der Waals surface area (Å²) in [7, 11) is 0. The van der Waals surface area contributed by atoms with Gasteiger partial charge in [0.15, 0.2) is 0 Å². The van der Waals surface area contributed by atoms with Gasteiger partial charge in [-0.1, -0.05) is 133 Å². The molecule has 0 fully saturated rings. The third-order valence-corrected chi connectivity index (χ3v) is 8.04. The van der Waals surface area contributed by atoms with Crippen molar-refractivity contribution < 1.29 is 0 Å². The van der Waals surface area contributed by atoms with Gasteiger partial charge in [0.2, 0.25) is 0 Å². The van der Waals surface area contributed by atoms with E-state index in [0.29, 0.717) is 0 Å². The first kappa shape index (κ1) is 22.7. The lowest BCUT2D eigenvalue weighted by Crippen LogP contribution is -1.91. The Labute approximate surface area is 233 Å². The molecule has 7 aromatic carbocycles. The summed E-state index contributed by atoms with van der Waals surface area (Å²) in [5, 5.41) is 8.78. The van der Waals surface area contributed by atoms with Gasteiger partial charge < -0.3 is 0 Å². The van der Waals surface area contributed by atoms with Crippen LogP contribution in [0, 0.1) is 0 Å². The van der Waals surface area contributed by atoms with Crippen LogP contribution < -0.4 is 0 Å². The van der Waals surface area contributed by atoms with Crippen LogP contribution in [0.25, 0.3) is 76.7 Å². The number of rotatable bonds is 3. The van der Waals surface area contributed by atoms with Crippen molar-refractivity contribution in [3.8, 4) is 33.5 Å². The second kappa shape index (κ2) is 9.18. The average molecular weight is 508 g/mol. The van der Waals surface area contributed by atoms with Crippen molar-refractivity contribution in [3.63, 3.8) is 0 Å². The molecule has 8 rings (SSSR count). The number of benzene rings is 7. The van der Waals surface area contributed by atoms with Gasteiger partial charge in [-0.2, -0.15) is 0 Å². The lowest BCUT2D eigenvalue weighted by atomic mass is 9.92. The summed E-state index contributed by atoms with van der Waals surface area (Å²) < 4.78 is 0. The predicted octanol–water partition coefficient (Wildman–Crippen LogP) is 10.7. The maximum absolute atomic E-state index is 5.18. The summed E-state index contributed by atoms with van der Waals surface area (Å²) in [5.74, 6) is 0. The molecule has 0 unspecified atom stereocenters. The predicted molar refractivity (Wildman–Crippen MR) is 171 cm³/mol. The molecular formula is C39H25N. The molecule has 40 heavy (non-hydrogen) atoms. The summed E-state index contributed by atoms with van der Waals surface area (Å²) >= 11 is 0. The Morgan fingerprint density at radius 3 is 1.75 bits per heavy atom. The van der Waals surface area contributed by atoms with Gasteiger partial charge in [-0.15, -0.1) is 0 Å². The minimum absolute atomic E-state index is 0.983. The zero-order chi connectivity index (χ0) is 26.5. The highest BCUT2D eigenvalue weighted by Gasteiger charge is 2.13. The van der Waals surface area contributed by atoms with Crippen LogP contribution in [-0.2, 0) is 0 Å². The number of aromatic nitrogens is 1. The minimum atomic E-state index is 0.983. The molecule has 0 amide bonds. The third kappa shape index (κ3) is 3.67. The first-order valence-corrected chi connectivity index (χ1v) is 13.7. The van der Waals surface area contributed by atoms with Crippen molar-refractivity contribution in [1.29, 1.82) is 0 Å². The first-order chi connectivity index (χ1) is 19.8. The van der Waals surface area contributed by atoms with Crippen molar-refractivity contribution in [2.24, 2.45) is 0 Å². The summed E-state index contributed by atoms with van der Waals surface area (Å²) in [6.07, 6.45) is 0. The summed E-state index contributed by atoms with van der Waals surface area (Å²) in [4.78, 5) is 5.18. The zero-order valence-corrected chi connectivity index (χ0v) is 21.9. The lowest BCUT2D eigenvalue weighted by Gasteiger charge is -2.14. The Morgan fingerprint density at radius 2 is 0.950 bits per heavy atom. The van der Waals surface area contributed by atoms with Gasteiger partial charge in [0, 0.05) is 10.9 Å². The molecule has 0 aliphatic carbocycles. The molecule has 0 spiro atoms. The molecule has 0 atom stereocenters. The van der Waals surface area contributed by atoms with E-state index in [1.54, 1.807) is 0 Å². The van der Waals surface area contributed by atoms with Crippen molar-refractivity contribution >= 4 is 43.2 Å². The number of nitrogens with zero attached hydrogens (tertiary/aromatic N) is 1. The van der Waals surface area contributed by atoms with Gasteiger partial charge in [0.1, 0.15) is 0 Å². The fourth-order valence-corrected chi connectivity index (χ4v) is 6.11. The van der Waals surface area contributed by atoms with E-state index in [0.717, 1.165) is 16.8 Å². The zero-order valence-electron chi connectivity index (χ0n) is 21.9. The molecule has 0 saturated carbocycles. The van der Waals surface area contributed by atoms with Crippen LogP contribution in [0.1, 0.15) is 0 Å². The quantitative estimate of drug-likeness (QED) is 0.217. The van der Waals surface area contributed by atoms with Crippen molar-refractivity contribution in [3.05, 3.63) is 152 Å². The minimum Gasteiger partial charge on any atom is -0.248 e. The molecule has 0 radical (unpaired) electrons. The largest absolute Gasteiger partial charge is 0.248 e. The molecule has 1 heteroatoms. The lowest BCUT2D eigenvalue weighted by molar-refractivity contribution is 1.40. The van der Waals surface area contributed by atoms with E-state index in [2.05, 4.69) is 152 Å². The normalized spacial score (nSPS) is 11.5. The average Bonchev–Trinajstić information content (AvgIpc) is 3.04. The molecular weight excluding hydrogens is 482 g/mol. The molecule has 186 valence electrons. The molecule has 0 saturated heterocycles. The maximum atomic E-state index is 5.18. The van der Waals surface area contributed by atoms with E-state index in [4.69, 9.17) is 4.98 Å². The molecule has 1 nitrogen and oxygen atoms in total. The van der Waals surface area contributed by atoms with Crippen LogP contribution in [-0.4, -0.2) is 4.98 Å². The highest BCUT2D eigenvalue weighted by molar-refractivity contribution is 6.15. The summed E-state index contributed by atoms with van der Waals surface area (Å²) in [6, 6.07) is 54.4. The molecule has 8 aromatic rings. The van der Waals surface area contributed by atoms with Crippen LogP contribution >= 0.6 is 0 Å². The van der Waals surface area contributed by atoms with Gasteiger partial charge in [0.05, 0.1) is 11.2 Å². The topological polar surface area (TPSA) is 12.9 Å². The fraction of sp³-hybridized carbons (Fsp3) is 0. The SMILES string of the molecule is c1ccc(-c2cc(-c3ccc(-c4cc5ccccc5c5ccccc45)cc3)nc3ccc4ccccc4c23)cc1. The Bertz CT molecular complexity index is 2190. The highest BCUT2D eigenvalue weighted by atomic mass is 14.7. The van der Waals surface area contributed by atoms with Crippen LogP contribution in [0.2, 0.25) is 0 Å². The Morgan fingerprint density at radius 1 is 0.350 bits per heavy atom. The Kier molecular flexibility index (Phi) is 5.21. The van der Waals surface area contributed by atoms with Crippen molar-refractivity contribution in [1.82, 2.24) is 4.98 Å². The van der Waals surface area contributed by atoms with Crippen molar-refractivity contribution in [2.75, 3.05) is 0 Å². The van der Waals surface area contributed by atoms with E-state index in [1.165, 1.54) is 60.0 Å². The molecule has 0 N–H and O–H groups in total. The maximum Gasteiger partial charge on any atom is 0.0722 e. The van der Waals surface area contributed by atoms with E-state index < -0.39 is 0 Å².